The van der Waals surface area contributed by atoms with E-state index in [1.165, 1.54) is 5.56 Å². The fourth-order valence-electron chi connectivity index (χ4n) is 4.46. The zero-order valence-electron chi connectivity index (χ0n) is 16.5. The van der Waals surface area contributed by atoms with Crippen molar-refractivity contribution in [3.05, 3.63) is 35.4 Å². The molecule has 0 unspecified atom stereocenters. The van der Waals surface area contributed by atoms with Crippen LogP contribution in [0.2, 0.25) is 0 Å². The number of likely N-dealkylation sites (tertiary alicyclic amines) is 2. The van der Waals surface area contributed by atoms with E-state index in [4.69, 9.17) is 4.74 Å². The Hall–Kier alpha value is -2.32. The van der Waals surface area contributed by atoms with E-state index >= 15 is 0 Å². The number of nitrogens with zero attached hydrogens (tertiary/aromatic N) is 2. The predicted octanol–water partition coefficient (Wildman–Crippen LogP) is 2.86. The van der Waals surface area contributed by atoms with Gasteiger partial charge in [0.25, 0.3) is 0 Å². The second kappa shape index (κ2) is 8.36. The second-order valence-corrected chi connectivity index (χ2v) is 8.22. The van der Waals surface area contributed by atoms with Gasteiger partial charge in [-0.15, -0.1) is 0 Å². The van der Waals surface area contributed by atoms with Gasteiger partial charge in [-0.3, -0.25) is 4.79 Å². The van der Waals surface area contributed by atoms with Crippen molar-refractivity contribution in [3.8, 4) is 11.8 Å². The lowest BCUT2D eigenvalue weighted by Gasteiger charge is -2.42. The van der Waals surface area contributed by atoms with Crippen LogP contribution in [0.15, 0.2) is 24.3 Å². The number of Topliss-reactive ketones (excluding diaryl/α,β-unsaturated/α-hetero) is 1. The normalized spacial score (nSPS) is 25.7. The summed E-state index contributed by atoms with van der Waals surface area (Å²) in [7, 11) is 0. The Balaban J connectivity index is 1.30. The van der Waals surface area contributed by atoms with Crippen molar-refractivity contribution in [1.29, 1.82) is 0 Å². The van der Waals surface area contributed by atoms with E-state index < -0.39 is 0 Å². The third-order valence-corrected chi connectivity index (χ3v) is 6.20. The van der Waals surface area contributed by atoms with E-state index in [2.05, 4.69) is 30.9 Å². The van der Waals surface area contributed by atoms with Gasteiger partial charge in [0.2, 0.25) is 0 Å². The van der Waals surface area contributed by atoms with Crippen molar-refractivity contribution in [2.45, 2.75) is 38.7 Å². The van der Waals surface area contributed by atoms with Crippen LogP contribution in [0.3, 0.4) is 0 Å². The zero-order chi connectivity index (χ0) is 19.5. The fraction of sp³-hybridized carbons (Fsp3) is 0.565. The van der Waals surface area contributed by atoms with Crippen molar-refractivity contribution in [1.82, 2.24) is 9.80 Å². The molecular formula is C23H28N2O3. The molecule has 0 bridgehead atoms. The molecule has 5 heteroatoms. The third kappa shape index (κ3) is 4.23. The van der Waals surface area contributed by atoms with Crippen molar-refractivity contribution in [3.63, 3.8) is 0 Å². The van der Waals surface area contributed by atoms with E-state index in [1.807, 2.05) is 21.9 Å². The molecule has 3 fully saturated rings. The number of aryl methyl sites for hydroxylation is 1. The minimum atomic E-state index is 0.113. The molecule has 0 spiro atoms. The number of hydrogen-bond donors (Lipinski definition) is 0. The lowest BCUT2D eigenvalue weighted by molar-refractivity contribution is -0.139. The Labute approximate surface area is 167 Å². The average molecular weight is 380 g/mol. The molecule has 4 rings (SSSR count). The maximum absolute atomic E-state index is 12.9. The van der Waals surface area contributed by atoms with Crippen LogP contribution in [-0.2, 0) is 9.53 Å². The van der Waals surface area contributed by atoms with Gasteiger partial charge in [-0.2, -0.15) is 0 Å². The molecule has 0 N–H and O–H groups in total. The van der Waals surface area contributed by atoms with Crippen molar-refractivity contribution < 1.29 is 14.3 Å². The van der Waals surface area contributed by atoms with Crippen LogP contribution in [0.4, 0.5) is 4.79 Å². The summed E-state index contributed by atoms with van der Waals surface area (Å²) < 4.78 is 5.64. The second-order valence-electron chi connectivity index (χ2n) is 8.22. The molecule has 3 aliphatic rings. The summed E-state index contributed by atoms with van der Waals surface area (Å²) in [5.74, 6) is 7.39. The number of carbonyl (C=O) groups excluding carboxylic acids is 2. The van der Waals surface area contributed by atoms with Gasteiger partial charge in [-0.05, 0) is 37.8 Å². The molecule has 0 saturated carbocycles. The molecule has 2 amide bonds. The maximum atomic E-state index is 12.9. The molecule has 5 nitrogen and oxygen atoms in total. The van der Waals surface area contributed by atoms with E-state index in [0.717, 1.165) is 44.5 Å². The predicted molar refractivity (Wildman–Crippen MR) is 107 cm³/mol. The van der Waals surface area contributed by atoms with Gasteiger partial charge >= 0.3 is 6.03 Å². The van der Waals surface area contributed by atoms with E-state index in [9.17, 15) is 9.59 Å². The highest BCUT2D eigenvalue weighted by atomic mass is 16.5. The minimum absolute atomic E-state index is 0.113. The van der Waals surface area contributed by atoms with Crippen LogP contribution >= 0.6 is 0 Å². The highest BCUT2D eigenvalue weighted by Gasteiger charge is 2.38. The van der Waals surface area contributed by atoms with Gasteiger partial charge in [0.1, 0.15) is 6.61 Å². The van der Waals surface area contributed by atoms with Crippen LogP contribution in [-0.4, -0.2) is 60.5 Å². The first-order valence-corrected chi connectivity index (χ1v) is 10.3. The van der Waals surface area contributed by atoms with Gasteiger partial charge in [0.15, 0.2) is 5.78 Å². The number of carbonyl (C=O) groups is 2. The third-order valence-electron chi connectivity index (χ3n) is 6.20. The van der Waals surface area contributed by atoms with Crippen LogP contribution in [0.25, 0.3) is 0 Å². The van der Waals surface area contributed by atoms with E-state index in [0.29, 0.717) is 18.9 Å². The molecule has 0 aliphatic carbocycles. The molecule has 1 aromatic rings. The summed E-state index contributed by atoms with van der Waals surface area (Å²) in [4.78, 5) is 28.5. The Morgan fingerprint density at radius 1 is 1.11 bits per heavy atom. The topological polar surface area (TPSA) is 49.9 Å². The maximum Gasteiger partial charge on any atom is 0.320 e. The lowest BCUT2D eigenvalue weighted by Crippen LogP contribution is -2.54. The first-order chi connectivity index (χ1) is 13.6. The van der Waals surface area contributed by atoms with Crippen LogP contribution < -0.4 is 0 Å². The van der Waals surface area contributed by atoms with Gasteiger partial charge in [-0.25, -0.2) is 4.79 Å². The van der Waals surface area contributed by atoms with Gasteiger partial charge in [-0.1, -0.05) is 30.0 Å². The monoisotopic (exact) mass is 380 g/mol. The van der Waals surface area contributed by atoms with Crippen molar-refractivity contribution >= 4 is 11.8 Å². The Morgan fingerprint density at radius 2 is 1.86 bits per heavy atom. The fourth-order valence-corrected chi connectivity index (χ4v) is 4.46. The number of ether oxygens (including phenoxy) is 1. The Kier molecular flexibility index (Phi) is 5.68. The number of hydrogen-bond acceptors (Lipinski definition) is 3. The largest absolute Gasteiger partial charge is 0.370 e. The first kappa shape index (κ1) is 19.0. The van der Waals surface area contributed by atoms with Crippen molar-refractivity contribution in [2.24, 2.45) is 11.8 Å². The number of benzene rings is 1. The molecular weight excluding hydrogens is 352 g/mol. The zero-order valence-corrected chi connectivity index (χ0v) is 16.5. The van der Waals surface area contributed by atoms with Gasteiger partial charge in [0.05, 0.1) is 6.10 Å². The highest BCUT2D eigenvalue weighted by Crippen LogP contribution is 2.28. The number of piperidine rings is 2. The van der Waals surface area contributed by atoms with Crippen LogP contribution in [0.5, 0.6) is 0 Å². The van der Waals surface area contributed by atoms with E-state index in [1.54, 1.807) is 0 Å². The van der Waals surface area contributed by atoms with E-state index in [-0.39, 0.29) is 30.4 Å². The standard InChI is InChI=1S/C23H28N2O3/c1-17-4-2-3-5-19(17)7-6-18-8-11-24(12-9-18)23(27)25-13-10-22-20(15-25)14-21(26)16-28-22/h2-5,18,20,22H,8-16H2,1H3/t20-,22+/m1/s1. The molecule has 2 atom stereocenters. The molecule has 148 valence electrons. The van der Waals surface area contributed by atoms with Crippen LogP contribution in [0, 0.1) is 30.6 Å². The van der Waals surface area contributed by atoms with Crippen LogP contribution in [0.1, 0.15) is 36.8 Å². The number of amides is 2. The molecule has 0 aromatic heterocycles. The lowest BCUT2D eigenvalue weighted by atomic mass is 9.88. The molecule has 3 aliphatic heterocycles. The van der Waals surface area contributed by atoms with Crippen molar-refractivity contribution in [2.75, 3.05) is 32.8 Å². The Bertz CT molecular complexity index is 802. The molecule has 3 saturated heterocycles. The summed E-state index contributed by atoms with van der Waals surface area (Å²) in [5, 5.41) is 0. The molecule has 1 aromatic carbocycles. The summed E-state index contributed by atoms with van der Waals surface area (Å²) >= 11 is 0. The van der Waals surface area contributed by atoms with Gasteiger partial charge in [0, 0.05) is 50.0 Å². The summed E-state index contributed by atoms with van der Waals surface area (Å²) in [5.41, 5.74) is 2.30. The number of ketones is 1. The molecule has 28 heavy (non-hydrogen) atoms. The summed E-state index contributed by atoms with van der Waals surface area (Å²) in [6, 6.07) is 8.31. The number of urea groups is 1. The summed E-state index contributed by atoms with van der Waals surface area (Å²) in [6.07, 6.45) is 3.37. The smallest absolute Gasteiger partial charge is 0.320 e. The average Bonchev–Trinajstić information content (AvgIpc) is 2.72. The SMILES string of the molecule is Cc1ccccc1C#CC1CCN(C(=O)N2CC[C@@H]3OCC(=O)C[C@@H]3C2)CC1. The highest BCUT2D eigenvalue weighted by molar-refractivity contribution is 5.81. The first-order valence-electron chi connectivity index (χ1n) is 10.3. The van der Waals surface area contributed by atoms with Gasteiger partial charge < -0.3 is 14.5 Å². The quantitative estimate of drug-likeness (QED) is 0.651. The number of fused-ring (bicyclic) bond motifs is 1. The molecule has 0 radical (unpaired) electrons. The minimum Gasteiger partial charge on any atom is -0.370 e. The molecule has 3 heterocycles. The summed E-state index contributed by atoms with van der Waals surface area (Å²) in [6.45, 7) is 5.20. The Morgan fingerprint density at radius 3 is 2.64 bits per heavy atom. The number of rotatable bonds is 0.